The second-order valence-corrected chi connectivity index (χ2v) is 6.35. The first kappa shape index (κ1) is 13.3. The normalized spacial score (nSPS) is 13.5. The molecule has 2 rings (SSSR count). The molecule has 1 unspecified atom stereocenters. The number of carbonyl (C=O) groups excluding carboxylic acids is 1. The number of imidazole rings is 1. The largest absolute Gasteiger partial charge is 0.399 e. The molecule has 0 spiro atoms. The zero-order valence-electron chi connectivity index (χ0n) is 10.3. The van der Waals surface area contributed by atoms with Crippen LogP contribution in [-0.4, -0.2) is 30.0 Å². The van der Waals surface area contributed by atoms with Gasteiger partial charge < -0.3 is 16.5 Å². The molecule has 1 heterocycles. The summed E-state index contributed by atoms with van der Waals surface area (Å²) in [5.74, 6) is -1.82. The quantitative estimate of drug-likeness (QED) is 0.681. The Labute approximate surface area is 109 Å². The van der Waals surface area contributed by atoms with Gasteiger partial charge in [0, 0.05) is 11.6 Å². The minimum absolute atomic E-state index is 0.179. The van der Waals surface area contributed by atoms with Gasteiger partial charge in [-0.2, -0.15) is 0 Å². The first-order chi connectivity index (χ1) is 8.79. The number of hydrogen-bond acceptors (Lipinski definition) is 5. The SMILES string of the molecule is CC(CS(=O)(=O)c1nc2ccc(N)cc2[nH]1)C(N)=O. The standard InChI is InChI=1S/C11H14N4O3S/c1-6(10(13)16)5-19(17,18)11-14-8-3-2-7(12)4-9(8)15-11/h2-4,6H,5,12H2,1H3,(H2,13,16)(H,14,15). The van der Waals surface area contributed by atoms with Crippen molar-refractivity contribution in [3.8, 4) is 0 Å². The van der Waals surface area contributed by atoms with Gasteiger partial charge in [-0.1, -0.05) is 6.92 Å². The smallest absolute Gasteiger partial charge is 0.226 e. The van der Waals surface area contributed by atoms with Crippen molar-refractivity contribution in [1.29, 1.82) is 0 Å². The highest BCUT2D eigenvalue weighted by Gasteiger charge is 2.24. The average molecular weight is 282 g/mol. The Hall–Kier alpha value is -2.09. The Morgan fingerprint density at radius 1 is 1.47 bits per heavy atom. The highest BCUT2D eigenvalue weighted by atomic mass is 32.2. The Balaban J connectivity index is 2.40. The topological polar surface area (TPSA) is 132 Å². The number of benzene rings is 1. The van der Waals surface area contributed by atoms with Crippen molar-refractivity contribution in [1.82, 2.24) is 9.97 Å². The molecule has 0 aliphatic rings. The van der Waals surface area contributed by atoms with Gasteiger partial charge in [-0.25, -0.2) is 13.4 Å². The van der Waals surface area contributed by atoms with Gasteiger partial charge in [-0.3, -0.25) is 4.79 Å². The number of nitrogens with two attached hydrogens (primary N) is 2. The van der Waals surface area contributed by atoms with Gasteiger partial charge in [0.1, 0.15) is 0 Å². The van der Waals surface area contributed by atoms with E-state index in [1.165, 1.54) is 6.92 Å². The van der Waals surface area contributed by atoms with Crippen molar-refractivity contribution in [2.24, 2.45) is 11.7 Å². The number of H-pyrrole nitrogens is 1. The molecule has 2 aromatic rings. The minimum atomic E-state index is -3.69. The summed E-state index contributed by atoms with van der Waals surface area (Å²) in [4.78, 5) is 17.6. The van der Waals surface area contributed by atoms with Gasteiger partial charge in [0.2, 0.25) is 20.9 Å². The van der Waals surface area contributed by atoms with E-state index in [-0.39, 0.29) is 10.9 Å². The summed E-state index contributed by atoms with van der Waals surface area (Å²) in [6, 6.07) is 4.85. The highest BCUT2D eigenvalue weighted by Crippen LogP contribution is 2.19. The third kappa shape index (κ3) is 2.68. The Bertz CT molecular complexity index is 735. The first-order valence-corrected chi connectivity index (χ1v) is 7.22. The number of sulfone groups is 1. The monoisotopic (exact) mass is 282 g/mol. The fraction of sp³-hybridized carbons (Fsp3) is 0.273. The second kappa shape index (κ2) is 4.54. The van der Waals surface area contributed by atoms with Crippen LogP contribution in [0.15, 0.2) is 23.4 Å². The molecule has 7 nitrogen and oxygen atoms in total. The zero-order valence-corrected chi connectivity index (χ0v) is 11.1. The molecular formula is C11H14N4O3S. The molecule has 5 N–H and O–H groups in total. The molecule has 8 heteroatoms. The molecule has 0 aliphatic heterocycles. The van der Waals surface area contributed by atoms with E-state index in [1.807, 2.05) is 0 Å². The van der Waals surface area contributed by atoms with Crippen LogP contribution in [0.3, 0.4) is 0 Å². The van der Waals surface area contributed by atoms with E-state index in [1.54, 1.807) is 18.2 Å². The maximum atomic E-state index is 12.1. The molecule has 0 saturated carbocycles. The van der Waals surface area contributed by atoms with E-state index in [9.17, 15) is 13.2 Å². The van der Waals surface area contributed by atoms with Gasteiger partial charge in [0.05, 0.1) is 16.8 Å². The third-order valence-electron chi connectivity index (χ3n) is 2.73. The molecule has 102 valence electrons. The summed E-state index contributed by atoms with van der Waals surface area (Å²) in [6.07, 6.45) is 0. The number of amides is 1. The predicted octanol–water partition coefficient (Wildman–Crippen LogP) is 0.0402. The van der Waals surface area contributed by atoms with Crippen molar-refractivity contribution in [2.45, 2.75) is 12.1 Å². The Kier molecular flexibility index (Phi) is 3.19. The lowest BCUT2D eigenvalue weighted by atomic mass is 10.2. The van der Waals surface area contributed by atoms with Crippen LogP contribution in [-0.2, 0) is 14.6 Å². The number of nitrogen functional groups attached to an aromatic ring is 1. The second-order valence-electron chi connectivity index (χ2n) is 4.40. The molecule has 1 aromatic carbocycles. The molecular weight excluding hydrogens is 268 g/mol. The molecule has 1 aromatic heterocycles. The maximum Gasteiger partial charge on any atom is 0.226 e. The molecule has 19 heavy (non-hydrogen) atoms. The van der Waals surface area contributed by atoms with E-state index in [0.717, 1.165) is 0 Å². The van der Waals surface area contributed by atoms with Crippen LogP contribution >= 0.6 is 0 Å². The number of carbonyl (C=O) groups is 1. The van der Waals surface area contributed by atoms with Crippen LogP contribution in [0.4, 0.5) is 5.69 Å². The number of rotatable bonds is 4. The average Bonchev–Trinajstić information content (AvgIpc) is 2.71. The lowest BCUT2D eigenvalue weighted by molar-refractivity contribution is -0.120. The van der Waals surface area contributed by atoms with E-state index in [0.29, 0.717) is 16.7 Å². The van der Waals surface area contributed by atoms with E-state index in [2.05, 4.69) is 9.97 Å². The van der Waals surface area contributed by atoms with Crippen LogP contribution in [0.2, 0.25) is 0 Å². The predicted molar refractivity (Wildman–Crippen MR) is 70.9 cm³/mol. The first-order valence-electron chi connectivity index (χ1n) is 5.57. The summed E-state index contributed by atoms with van der Waals surface area (Å²) in [7, 11) is -3.69. The molecule has 1 atom stereocenters. The summed E-state index contributed by atoms with van der Waals surface area (Å²) in [6.45, 7) is 1.46. The van der Waals surface area contributed by atoms with Crippen molar-refractivity contribution in [3.63, 3.8) is 0 Å². The molecule has 0 aliphatic carbocycles. The highest BCUT2D eigenvalue weighted by molar-refractivity contribution is 7.91. The van der Waals surface area contributed by atoms with Gasteiger partial charge in [0.25, 0.3) is 0 Å². The molecule has 0 saturated heterocycles. The number of primary amides is 1. The van der Waals surface area contributed by atoms with Crippen molar-refractivity contribution < 1.29 is 13.2 Å². The Morgan fingerprint density at radius 2 is 2.16 bits per heavy atom. The Morgan fingerprint density at radius 3 is 2.79 bits per heavy atom. The van der Waals surface area contributed by atoms with E-state index >= 15 is 0 Å². The maximum absolute atomic E-state index is 12.1. The fourth-order valence-corrected chi connectivity index (χ4v) is 3.12. The van der Waals surface area contributed by atoms with Crippen LogP contribution < -0.4 is 11.5 Å². The minimum Gasteiger partial charge on any atom is -0.399 e. The fourth-order valence-electron chi connectivity index (χ4n) is 1.64. The van der Waals surface area contributed by atoms with Crippen molar-refractivity contribution >= 4 is 32.5 Å². The van der Waals surface area contributed by atoms with Crippen LogP contribution in [0.5, 0.6) is 0 Å². The van der Waals surface area contributed by atoms with Gasteiger partial charge in [-0.05, 0) is 18.2 Å². The van der Waals surface area contributed by atoms with Crippen molar-refractivity contribution in [3.05, 3.63) is 18.2 Å². The third-order valence-corrected chi connectivity index (χ3v) is 4.46. The number of nitrogens with one attached hydrogen (secondary N) is 1. The van der Waals surface area contributed by atoms with Gasteiger partial charge in [-0.15, -0.1) is 0 Å². The van der Waals surface area contributed by atoms with E-state index < -0.39 is 21.7 Å². The summed E-state index contributed by atoms with van der Waals surface area (Å²) >= 11 is 0. The molecule has 0 bridgehead atoms. The number of fused-ring (bicyclic) bond motifs is 1. The lowest BCUT2D eigenvalue weighted by Gasteiger charge is -2.05. The number of nitrogens with zero attached hydrogens (tertiary/aromatic N) is 1. The molecule has 1 amide bonds. The molecule has 0 fully saturated rings. The number of aromatic nitrogens is 2. The number of aromatic amines is 1. The summed E-state index contributed by atoms with van der Waals surface area (Å²) in [5, 5.41) is -0.179. The number of hydrogen-bond donors (Lipinski definition) is 3. The molecule has 0 radical (unpaired) electrons. The van der Waals surface area contributed by atoms with Crippen LogP contribution in [0.1, 0.15) is 6.92 Å². The summed E-state index contributed by atoms with van der Waals surface area (Å²) in [5.41, 5.74) is 12.2. The van der Waals surface area contributed by atoms with Gasteiger partial charge in [0.15, 0.2) is 0 Å². The van der Waals surface area contributed by atoms with Crippen LogP contribution in [0.25, 0.3) is 11.0 Å². The zero-order chi connectivity index (χ0) is 14.2. The van der Waals surface area contributed by atoms with Crippen LogP contribution in [0, 0.1) is 5.92 Å². The lowest BCUT2D eigenvalue weighted by Crippen LogP contribution is -2.27. The summed E-state index contributed by atoms with van der Waals surface area (Å²) < 4.78 is 24.1. The van der Waals surface area contributed by atoms with Crippen molar-refractivity contribution in [2.75, 3.05) is 11.5 Å². The number of anilines is 1. The van der Waals surface area contributed by atoms with Gasteiger partial charge >= 0.3 is 0 Å². The van der Waals surface area contributed by atoms with E-state index in [4.69, 9.17) is 11.5 Å².